The first-order valence-electron chi connectivity index (χ1n) is 6.39. The molecule has 0 saturated heterocycles. The summed E-state index contributed by atoms with van der Waals surface area (Å²) in [7, 11) is 1.85. The van der Waals surface area contributed by atoms with Crippen molar-refractivity contribution < 1.29 is 4.79 Å². The maximum Gasteiger partial charge on any atom is 0.198 e. The number of nitrogens with two attached hydrogens (primary N) is 1. The molecule has 4 nitrogen and oxygen atoms in total. The number of imidazole rings is 1. The zero-order valence-corrected chi connectivity index (χ0v) is 10.9. The van der Waals surface area contributed by atoms with Crippen LogP contribution in [0.4, 0.5) is 0 Å². The van der Waals surface area contributed by atoms with Crippen LogP contribution in [0.1, 0.15) is 49.6 Å². The number of hydrogen-bond acceptors (Lipinski definition) is 3. The van der Waals surface area contributed by atoms with E-state index in [1.807, 2.05) is 7.05 Å². The van der Waals surface area contributed by atoms with Crippen molar-refractivity contribution in [3.63, 3.8) is 0 Å². The molecule has 0 aromatic carbocycles. The number of aromatic nitrogens is 2. The van der Waals surface area contributed by atoms with Gasteiger partial charge in [0, 0.05) is 25.9 Å². The largest absolute Gasteiger partial charge is 0.332 e. The van der Waals surface area contributed by atoms with E-state index in [1.165, 1.54) is 0 Å². The minimum absolute atomic E-state index is 0.135. The summed E-state index contributed by atoms with van der Waals surface area (Å²) >= 11 is 0. The fourth-order valence-electron chi connectivity index (χ4n) is 2.16. The molecular formula is C13H23N3O. The van der Waals surface area contributed by atoms with Crippen LogP contribution in [-0.2, 0) is 7.05 Å². The summed E-state index contributed by atoms with van der Waals surface area (Å²) in [6.07, 6.45) is 8.30. The fourth-order valence-corrected chi connectivity index (χ4v) is 2.16. The van der Waals surface area contributed by atoms with Crippen LogP contribution in [0, 0.1) is 5.92 Å². The molecule has 0 saturated carbocycles. The lowest BCUT2D eigenvalue weighted by atomic mass is 9.93. The zero-order valence-electron chi connectivity index (χ0n) is 10.9. The Hall–Kier alpha value is -1.16. The Kier molecular flexibility index (Phi) is 5.91. The normalized spacial score (nSPS) is 12.6. The van der Waals surface area contributed by atoms with Crippen LogP contribution in [0.2, 0.25) is 0 Å². The molecule has 0 radical (unpaired) electrons. The van der Waals surface area contributed by atoms with Crippen LogP contribution in [-0.4, -0.2) is 21.9 Å². The Morgan fingerprint density at radius 1 is 1.47 bits per heavy atom. The molecule has 17 heavy (non-hydrogen) atoms. The topological polar surface area (TPSA) is 60.9 Å². The molecule has 0 fully saturated rings. The molecule has 0 aliphatic rings. The first-order chi connectivity index (χ1) is 8.19. The minimum Gasteiger partial charge on any atom is -0.332 e. The van der Waals surface area contributed by atoms with Gasteiger partial charge in [0.1, 0.15) is 0 Å². The SMILES string of the molecule is CCCC(CCN)CCC(=O)c1nccn1C. The summed E-state index contributed by atoms with van der Waals surface area (Å²) in [6, 6.07) is 0. The highest BCUT2D eigenvalue weighted by molar-refractivity contribution is 5.92. The van der Waals surface area contributed by atoms with E-state index in [0.717, 1.165) is 25.7 Å². The average molecular weight is 237 g/mol. The van der Waals surface area contributed by atoms with Crippen molar-refractivity contribution in [3.8, 4) is 0 Å². The van der Waals surface area contributed by atoms with E-state index < -0.39 is 0 Å². The Labute approximate surface area is 103 Å². The maximum absolute atomic E-state index is 11.9. The monoisotopic (exact) mass is 237 g/mol. The molecule has 1 unspecified atom stereocenters. The van der Waals surface area contributed by atoms with Crippen molar-refractivity contribution in [1.82, 2.24) is 9.55 Å². The third kappa shape index (κ3) is 4.30. The predicted octanol–water partition coefficient (Wildman–Crippen LogP) is 2.15. The van der Waals surface area contributed by atoms with Crippen molar-refractivity contribution in [2.45, 2.75) is 39.0 Å². The number of aryl methyl sites for hydroxylation is 1. The first kappa shape index (κ1) is 13.9. The minimum atomic E-state index is 0.135. The van der Waals surface area contributed by atoms with E-state index in [0.29, 0.717) is 24.7 Å². The number of carbonyl (C=O) groups excluding carboxylic acids is 1. The smallest absolute Gasteiger partial charge is 0.198 e. The second-order valence-corrected chi connectivity index (χ2v) is 4.56. The van der Waals surface area contributed by atoms with Gasteiger partial charge in [-0.3, -0.25) is 4.79 Å². The Balaban J connectivity index is 2.43. The van der Waals surface area contributed by atoms with Gasteiger partial charge in [-0.2, -0.15) is 0 Å². The molecule has 0 aliphatic carbocycles. The van der Waals surface area contributed by atoms with Crippen LogP contribution in [0.25, 0.3) is 0 Å². The molecule has 0 spiro atoms. The number of Topliss-reactive ketones (excluding diaryl/α,β-unsaturated/α-hetero) is 1. The van der Waals surface area contributed by atoms with E-state index in [1.54, 1.807) is 17.0 Å². The van der Waals surface area contributed by atoms with Crippen LogP contribution >= 0.6 is 0 Å². The number of ketones is 1. The lowest BCUT2D eigenvalue weighted by Crippen LogP contribution is -2.13. The number of rotatable bonds is 8. The maximum atomic E-state index is 11.9. The molecule has 0 aliphatic heterocycles. The fraction of sp³-hybridized carbons (Fsp3) is 0.692. The number of hydrogen-bond donors (Lipinski definition) is 1. The van der Waals surface area contributed by atoms with Gasteiger partial charge in [0.2, 0.25) is 0 Å². The third-order valence-corrected chi connectivity index (χ3v) is 3.12. The summed E-state index contributed by atoms with van der Waals surface area (Å²) in [5, 5.41) is 0. The standard InChI is InChI=1S/C13H23N3O/c1-3-4-11(7-8-14)5-6-12(17)13-15-9-10-16(13)2/h9-11H,3-8,14H2,1-2H3. The molecule has 96 valence electrons. The molecule has 0 amide bonds. The van der Waals surface area contributed by atoms with E-state index in [-0.39, 0.29) is 5.78 Å². The van der Waals surface area contributed by atoms with Crippen molar-refractivity contribution in [2.24, 2.45) is 18.7 Å². The zero-order chi connectivity index (χ0) is 12.7. The van der Waals surface area contributed by atoms with Crippen molar-refractivity contribution >= 4 is 5.78 Å². The van der Waals surface area contributed by atoms with Crippen molar-refractivity contribution in [1.29, 1.82) is 0 Å². The Morgan fingerprint density at radius 2 is 2.24 bits per heavy atom. The predicted molar refractivity (Wildman–Crippen MR) is 68.8 cm³/mol. The summed E-state index contributed by atoms with van der Waals surface area (Å²) in [6.45, 7) is 2.88. The molecule has 0 bridgehead atoms. The van der Waals surface area contributed by atoms with Crippen molar-refractivity contribution in [2.75, 3.05) is 6.54 Å². The third-order valence-electron chi connectivity index (χ3n) is 3.12. The molecule has 2 N–H and O–H groups in total. The van der Waals surface area contributed by atoms with Gasteiger partial charge >= 0.3 is 0 Å². The average Bonchev–Trinajstić information content (AvgIpc) is 2.72. The summed E-state index contributed by atoms with van der Waals surface area (Å²) in [5.41, 5.74) is 5.58. The van der Waals surface area contributed by atoms with E-state index >= 15 is 0 Å². The lowest BCUT2D eigenvalue weighted by molar-refractivity contribution is 0.0959. The van der Waals surface area contributed by atoms with Crippen LogP contribution in [0.5, 0.6) is 0 Å². The summed E-state index contributed by atoms with van der Waals surface area (Å²) in [4.78, 5) is 16.0. The summed E-state index contributed by atoms with van der Waals surface area (Å²) < 4.78 is 1.78. The molecule has 1 aromatic rings. The molecule has 1 rings (SSSR count). The second-order valence-electron chi connectivity index (χ2n) is 4.56. The van der Waals surface area contributed by atoms with Crippen molar-refractivity contribution in [3.05, 3.63) is 18.2 Å². The Bertz CT molecular complexity index is 340. The van der Waals surface area contributed by atoms with Gasteiger partial charge in [0.25, 0.3) is 0 Å². The van der Waals surface area contributed by atoms with Crippen LogP contribution in [0.15, 0.2) is 12.4 Å². The molecule has 1 aromatic heterocycles. The van der Waals surface area contributed by atoms with Crippen LogP contribution < -0.4 is 5.73 Å². The second kappa shape index (κ2) is 7.22. The van der Waals surface area contributed by atoms with Gasteiger partial charge in [-0.1, -0.05) is 19.8 Å². The van der Waals surface area contributed by atoms with E-state index in [9.17, 15) is 4.79 Å². The van der Waals surface area contributed by atoms with Gasteiger partial charge in [0.15, 0.2) is 11.6 Å². The number of nitrogens with zero attached hydrogens (tertiary/aromatic N) is 2. The lowest BCUT2D eigenvalue weighted by Gasteiger charge is -2.14. The van der Waals surface area contributed by atoms with Crippen LogP contribution in [0.3, 0.4) is 0 Å². The quantitative estimate of drug-likeness (QED) is 0.705. The summed E-state index contributed by atoms with van der Waals surface area (Å²) in [5.74, 6) is 1.28. The highest BCUT2D eigenvalue weighted by atomic mass is 16.1. The highest BCUT2D eigenvalue weighted by Gasteiger charge is 2.14. The van der Waals surface area contributed by atoms with Gasteiger partial charge in [0.05, 0.1) is 0 Å². The van der Waals surface area contributed by atoms with Gasteiger partial charge in [-0.25, -0.2) is 4.98 Å². The molecule has 1 heterocycles. The molecule has 1 atom stereocenters. The highest BCUT2D eigenvalue weighted by Crippen LogP contribution is 2.18. The van der Waals surface area contributed by atoms with Gasteiger partial charge in [-0.15, -0.1) is 0 Å². The van der Waals surface area contributed by atoms with E-state index in [2.05, 4.69) is 11.9 Å². The van der Waals surface area contributed by atoms with Gasteiger partial charge in [-0.05, 0) is 25.3 Å². The molecule has 4 heteroatoms. The number of carbonyl (C=O) groups is 1. The first-order valence-corrected chi connectivity index (χ1v) is 6.39. The molecular weight excluding hydrogens is 214 g/mol. The Morgan fingerprint density at radius 3 is 2.76 bits per heavy atom. The van der Waals surface area contributed by atoms with E-state index in [4.69, 9.17) is 5.73 Å². The van der Waals surface area contributed by atoms with Gasteiger partial charge < -0.3 is 10.3 Å².